The van der Waals surface area contributed by atoms with Crippen LogP contribution in [0.15, 0.2) is 57.8 Å². The highest BCUT2D eigenvalue weighted by Crippen LogP contribution is 2.19. The molecular weight excluding hydrogens is 368 g/mol. The predicted molar refractivity (Wildman–Crippen MR) is 95.9 cm³/mol. The Morgan fingerprint density at radius 1 is 1.17 bits per heavy atom. The molecule has 0 saturated heterocycles. The molecule has 0 aliphatic heterocycles. The van der Waals surface area contributed by atoms with Gasteiger partial charge in [0.15, 0.2) is 0 Å². The number of benzene rings is 2. The Morgan fingerprint density at radius 2 is 1.88 bits per heavy atom. The van der Waals surface area contributed by atoms with E-state index in [0.717, 1.165) is 10.2 Å². The van der Waals surface area contributed by atoms with Crippen LogP contribution in [0.2, 0.25) is 5.02 Å². The lowest BCUT2D eigenvalue weighted by Crippen LogP contribution is -2.19. The van der Waals surface area contributed by atoms with Crippen LogP contribution < -0.4 is 4.80 Å². The lowest BCUT2D eigenvalue weighted by molar-refractivity contribution is 0.187. The Bertz CT molecular complexity index is 1020. The van der Waals surface area contributed by atoms with Crippen molar-refractivity contribution < 1.29 is 13.2 Å². The van der Waals surface area contributed by atoms with Crippen molar-refractivity contribution in [1.29, 1.82) is 0 Å². The van der Waals surface area contributed by atoms with Gasteiger partial charge in [-0.3, -0.25) is 0 Å². The SMILES string of the molecule is COCCn1/c(=N/S(=O)(=O)c2ccc(Cl)cc2)sc2ccccc21. The minimum absolute atomic E-state index is 0.114. The minimum atomic E-state index is -3.81. The summed E-state index contributed by atoms with van der Waals surface area (Å²) in [5.74, 6) is 0. The standard InChI is InChI=1S/C16H15ClN2O3S2/c1-22-11-10-19-14-4-2-3-5-15(14)23-16(19)18-24(20,21)13-8-6-12(17)7-9-13/h2-9H,10-11H2,1H3/b18-16-. The van der Waals surface area contributed by atoms with Crippen molar-refractivity contribution in [1.82, 2.24) is 4.57 Å². The Kier molecular flexibility index (Phi) is 5.05. The van der Waals surface area contributed by atoms with Crippen LogP contribution in [-0.2, 0) is 21.3 Å². The van der Waals surface area contributed by atoms with E-state index in [2.05, 4.69) is 4.40 Å². The normalized spacial score (nSPS) is 12.8. The van der Waals surface area contributed by atoms with E-state index in [9.17, 15) is 8.42 Å². The number of nitrogens with zero attached hydrogens (tertiary/aromatic N) is 2. The highest BCUT2D eigenvalue weighted by molar-refractivity contribution is 7.90. The molecule has 0 aliphatic rings. The fourth-order valence-electron chi connectivity index (χ4n) is 2.25. The summed E-state index contributed by atoms with van der Waals surface area (Å²) in [6.07, 6.45) is 0. The second-order valence-electron chi connectivity index (χ2n) is 5.02. The third-order valence-corrected chi connectivity index (χ3v) is 6.13. The van der Waals surface area contributed by atoms with Crippen molar-refractivity contribution in [2.75, 3.05) is 13.7 Å². The van der Waals surface area contributed by atoms with Gasteiger partial charge in [-0.2, -0.15) is 8.42 Å². The number of aromatic nitrogens is 1. The Hall–Kier alpha value is -1.67. The fourth-order valence-corrected chi connectivity index (χ4v) is 4.64. The van der Waals surface area contributed by atoms with Crippen molar-refractivity contribution >= 4 is 43.2 Å². The first-order valence-corrected chi connectivity index (χ1v) is 9.78. The van der Waals surface area contributed by atoms with Gasteiger partial charge in [0.1, 0.15) is 0 Å². The first kappa shape index (κ1) is 17.2. The first-order valence-electron chi connectivity index (χ1n) is 7.15. The van der Waals surface area contributed by atoms with Gasteiger partial charge in [-0.15, -0.1) is 4.40 Å². The van der Waals surface area contributed by atoms with Gasteiger partial charge in [-0.1, -0.05) is 35.1 Å². The Morgan fingerprint density at radius 3 is 2.58 bits per heavy atom. The molecule has 8 heteroatoms. The third kappa shape index (κ3) is 3.54. The molecule has 2 aromatic carbocycles. The number of methoxy groups -OCH3 is 1. The summed E-state index contributed by atoms with van der Waals surface area (Å²) in [6.45, 7) is 0.990. The van der Waals surface area contributed by atoms with Crippen LogP contribution >= 0.6 is 22.9 Å². The molecule has 0 saturated carbocycles. The van der Waals surface area contributed by atoms with E-state index in [0.29, 0.717) is 23.0 Å². The van der Waals surface area contributed by atoms with E-state index in [1.54, 1.807) is 7.11 Å². The zero-order valence-corrected chi connectivity index (χ0v) is 15.2. The summed E-state index contributed by atoms with van der Waals surface area (Å²) >= 11 is 7.15. The summed E-state index contributed by atoms with van der Waals surface area (Å²) in [5.41, 5.74) is 0.935. The van der Waals surface area contributed by atoms with E-state index in [1.807, 2.05) is 28.8 Å². The van der Waals surface area contributed by atoms with Crippen molar-refractivity contribution in [3.63, 3.8) is 0 Å². The molecule has 1 aromatic heterocycles. The van der Waals surface area contributed by atoms with Crippen LogP contribution in [0.25, 0.3) is 10.2 Å². The maximum atomic E-state index is 12.6. The minimum Gasteiger partial charge on any atom is -0.383 e. The van der Waals surface area contributed by atoms with Crippen molar-refractivity contribution in [3.8, 4) is 0 Å². The van der Waals surface area contributed by atoms with Crippen LogP contribution in [0.4, 0.5) is 0 Å². The molecule has 0 amide bonds. The largest absolute Gasteiger partial charge is 0.383 e. The topological polar surface area (TPSA) is 60.7 Å². The first-order chi connectivity index (χ1) is 11.5. The zero-order valence-electron chi connectivity index (χ0n) is 12.8. The van der Waals surface area contributed by atoms with E-state index in [1.165, 1.54) is 35.6 Å². The van der Waals surface area contributed by atoms with Gasteiger partial charge in [0, 0.05) is 18.7 Å². The molecule has 0 spiro atoms. The molecule has 0 unspecified atom stereocenters. The molecule has 0 radical (unpaired) electrons. The number of para-hydroxylation sites is 1. The summed E-state index contributed by atoms with van der Waals surface area (Å²) in [7, 11) is -2.20. The lowest BCUT2D eigenvalue weighted by Gasteiger charge is -2.04. The zero-order chi connectivity index (χ0) is 17.2. The second-order valence-corrected chi connectivity index (χ2v) is 8.07. The highest BCUT2D eigenvalue weighted by Gasteiger charge is 2.14. The fraction of sp³-hybridized carbons (Fsp3) is 0.188. The molecular formula is C16H15ClN2O3S2. The molecule has 3 rings (SSSR count). The summed E-state index contributed by atoms with van der Waals surface area (Å²) in [6, 6.07) is 13.7. The molecule has 5 nitrogen and oxygen atoms in total. The van der Waals surface area contributed by atoms with Crippen LogP contribution in [0.3, 0.4) is 0 Å². The van der Waals surface area contributed by atoms with Gasteiger partial charge >= 0.3 is 0 Å². The van der Waals surface area contributed by atoms with Crippen molar-refractivity contribution in [2.45, 2.75) is 11.4 Å². The average molecular weight is 383 g/mol. The third-order valence-electron chi connectivity index (χ3n) is 3.42. The number of hydrogen-bond acceptors (Lipinski definition) is 4. The van der Waals surface area contributed by atoms with Gasteiger partial charge in [-0.05, 0) is 36.4 Å². The van der Waals surface area contributed by atoms with E-state index < -0.39 is 10.0 Å². The molecule has 3 aromatic rings. The summed E-state index contributed by atoms with van der Waals surface area (Å²) in [4.78, 5) is 0.533. The van der Waals surface area contributed by atoms with E-state index in [4.69, 9.17) is 16.3 Å². The quantitative estimate of drug-likeness (QED) is 0.680. The number of hydrogen-bond donors (Lipinski definition) is 0. The predicted octanol–water partition coefficient (Wildman–Crippen LogP) is 3.29. The van der Waals surface area contributed by atoms with Gasteiger partial charge in [0.05, 0.1) is 21.7 Å². The van der Waals surface area contributed by atoms with E-state index >= 15 is 0 Å². The Labute approximate surface area is 148 Å². The van der Waals surface area contributed by atoms with Gasteiger partial charge in [-0.25, -0.2) is 0 Å². The van der Waals surface area contributed by atoms with Crippen LogP contribution in [0.5, 0.6) is 0 Å². The monoisotopic (exact) mass is 382 g/mol. The number of halogens is 1. The molecule has 0 aliphatic carbocycles. The van der Waals surface area contributed by atoms with Gasteiger partial charge in [0.2, 0.25) is 4.80 Å². The summed E-state index contributed by atoms with van der Waals surface area (Å²) < 4.78 is 37.1. The molecule has 24 heavy (non-hydrogen) atoms. The molecule has 0 atom stereocenters. The Balaban J connectivity index is 2.16. The highest BCUT2D eigenvalue weighted by atomic mass is 35.5. The lowest BCUT2D eigenvalue weighted by atomic mass is 10.3. The van der Waals surface area contributed by atoms with E-state index in [-0.39, 0.29) is 4.90 Å². The van der Waals surface area contributed by atoms with Crippen LogP contribution in [-0.4, -0.2) is 26.7 Å². The maximum absolute atomic E-state index is 12.6. The molecule has 0 N–H and O–H groups in total. The van der Waals surface area contributed by atoms with Crippen LogP contribution in [0, 0.1) is 0 Å². The summed E-state index contributed by atoms with van der Waals surface area (Å²) in [5, 5.41) is 0.478. The van der Waals surface area contributed by atoms with Gasteiger partial charge < -0.3 is 9.30 Å². The number of ether oxygens (including phenoxy) is 1. The molecule has 0 fully saturated rings. The molecule has 0 bridgehead atoms. The van der Waals surface area contributed by atoms with Crippen LogP contribution in [0.1, 0.15) is 0 Å². The molecule has 126 valence electrons. The second kappa shape index (κ2) is 7.06. The number of rotatable bonds is 5. The van der Waals surface area contributed by atoms with Gasteiger partial charge in [0.25, 0.3) is 10.0 Å². The van der Waals surface area contributed by atoms with Crippen molar-refractivity contribution in [3.05, 3.63) is 58.4 Å². The molecule has 1 heterocycles. The number of sulfonamides is 1. The maximum Gasteiger partial charge on any atom is 0.285 e. The number of fused-ring (bicyclic) bond motifs is 1. The average Bonchev–Trinajstić information content (AvgIpc) is 2.89. The smallest absolute Gasteiger partial charge is 0.285 e. The van der Waals surface area contributed by atoms with Crippen molar-refractivity contribution in [2.24, 2.45) is 4.40 Å². The number of thiazole rings is 1.